The van der Waals surface area contributed by atoms with Gasteiger partial charge in [-0.3, -0.25) is 16.0 Å². The number of nitrogens with one attached hydrogen (secondary N) is 1. The third-order valence-electron chi connectivity index (χ3n) is 3.20. The van der Waals surface area contributed by atoms with E-state index in [1.807, 2.05) is 36.7 Å². The van der Waals surface area contributed by atoms with Crippen LogP contribution in [0.4, 0.5) is 0 Å². The maximum absolute atomic E-state index is 6.06. The Kier molecular flexibility index (Phi) is 4.52. The average molecular weight is 280 g/mol. The van der Waals surface area contributed by atoms with E-state index in [1.165, 1.54) is 0 Å². The Morgan fingerprint density at radius 2 is 2.26 bits per heavy atom. The number of aryl methyl sites for hydroxylation is 2. The third-order valence-corrected chi connectivity index (χ3v) is 3.43. The maximum Gasteiger partial charge on any atom is 0.138 e. The van der Waals surface area contributed by atoms with E-state index in [0.29, 0.717) is 11.4 Å². The minimum atomic E-state index is -0.0341. The summed E-state index contributed by atoms with van der Waals surface area (Å²) in [6.07, 6.45) is 2.24. The lowest BCUT2D eigenvalue weighted by Gasteiger charge is -2.18. The van der Waals surface area contributed by atoms with E-state index in [0.717, 1.165) is 23.5 Å². The number of nitrogens with two attached hydrogens (primary N) is 1. The zero-order valence-electron chi connectivity index (χ0n) is 11.1. The van der Waals surface area contributed by atoms with E-state index in [1.54, 1.807) is 6.33 Å². The van der Waals surface area contributed by atoms with Crippen LogP contribution in [-0.4, -0.2) is 14.8 Å². The molecule has 1 aromatic heterocycles. The van der Waals surface area contributed by atoms with Crippen molar-refractivity contribution < 1.29 is 0 Å². The van der Waals surface area contributed by atoms with Crippen molar-refractivity contribution in [1.29, 1.82) is 0 Å². The van der Waals surface area contributed by atoms with Crippen LogP contribution in [0.3, 0.4) is 0 Å². The molecule has 2 aromatic rings. The monoisotopic (exact) mass is 279 g/mol. The lowest BCUT2D eigenvalue weighted by atomic mass is 9.99. The number of halogens is 1. The van der Waals surface area contributed by atoms with Crippen molar-refractivity contribution in [2.24, 2.45) is 5.84 Å². The number of aromatic nitrogens is 3. The lowest BCUT2D eigenvalue weighted by Crippen LogP contribution is -2.31. The molecule has 5 nitrogen and oxygen atoms in total. The van der Waals surface area contributed by atoms with Crippen LogP contribution in [0.15, 0.2) is 24.5 Å². The van der Waals surface area contributed by atoms with E-state index in [-0.39, 0.29) is 6.04 Å². The molecule has 0 saturated carbocycles. The predicted molar refractivity (Wildman–Crippen MR) is 75.7 cm³/mol. The Morgan fingerprint density at radius 1 is 1.47 bits per heavy atom. The summed E-state index contributed by atoms with van der Waals surface area (Å²) >= 11 is 6.06. The van der Waals surface area contributed by atoms with Gasteiger partial charge in [-0.15, -0.1) is 0 Å². The molecule has 0 aliphatic heterocycles. The summed E-state index contributed by atoms with van der Waals surface area (Å²) in [6, 6.07) is 5.77. The minimum absolute atomic E-state index is 0.0341. The Labute approximate surface area is 117 Å². The second kappa shape index (κ2) is 6.14. The highest BCUT2D eigenvalue weighted by molar-refractivity contribution is 6.30. The summed E-state index contributed by atoms with van der Waals surface area (Å²) in [5.41, 5.74) is 5.07. The van der Waals surface area contributed by atoms with E-state index >= 15 is 0 Å². The first-order valence-electron chi connectivity index (χ1n) is 6.24. The molecule has 0 bridgehead atoms. The molecular weight excluding hydrogens is 262 g/mol. The highest BCUT2D eigenvalue weighted by Crippen LogP contribution is 2.23. The summed E-state index contributed by atoms with van der Waals surface area (Å²) in [4.78, 5) is 4.28. The molecule has 0 aliphatic carbocycles. The minimum Gasteiger partial charge on any atom is -0.271 e. The topological polar surface area (TPSA) is 68.8 Å². The molecule has 0 radical (unpaired) electrons. The highest BCUT2D eigenvalue weighted by atomic mass is 35.5. The SMILES string of the molecule is CCn1ncnc1CC(NN)c1cc(Cl)ccc1C. The van der Waals surface area contributed by atoms with Crippen LogP contribution < -0.4 is 11.3 Å². The molecule has 19 heavy (non-hydrogen) atoms. The van der Waals surface area contributed by atoms with Crippen LogP contribution in [0.5, 0.6) is 0 Å². The normalized spacial score (nSPS) is 12.6. The summed E-state index contributed by atoms with van der Waals surface area (Å²) in [7, 11) is 0. The molecule has 3 N–H and O–H groups in total. The Morgan fingerprint density at radius 3 is 2.95 bits per heavy atom. The lowest BCUT2D eigenvalue weighted by molar-refractivity contribution is 0.508. The fourth-order valence-corrected chi connectivity index (χ4v) is 2.32. The molecule has 102 valence electrons. The predicted octanol–water partition coefficient (Wildman–Crippen LogP) is 2.01. The number of nitrogens with zero attached hydrogens (tertiary/aromatic N) is 3. The molecule has 0 amide bonds. The Balaban J connectivity index is 2.27. The molecule has 0 aliphatic rings. The number of benzene rings is 1. The summed E-state index contributed by atoms with van der Waals surface area (Å²) in [5, 5.41) is 4.87. The second-order valence-electron chi connectivity index (χ2n) is 4.42. The first-order chi connectivity index (χ1) is 9.15. The van der Waals surface area contributed by atoms with Gasteiger partial charge >= 0.3 is 0 Å². The van der Waals surface area contributed by atoms with Crippen molar-refractivity contribution in [1.82, 2.24) is 20.2 Å². The fraction of sp³-hybridized carbons (Fsp3) is 0.385. The standard InChI is InChI=1S/C13H18ClN5/c1-3-19-13(16-8-17-19)7-12(18-15)11-6-10(14)5-4-9(11)2/h4-6,8,12,18H,3,7,15H2,1-2H3. The van der Waals surface area contributed by atoms with Gasteiger partial charge in [-0.2, -0.15) is 5.10 Å². The summed E-state index contributed by atoms with van der Waals surface area (Å²) < 4.78 is 1.87. The fourth-order valence-electron chi connectivity index (χ4n) is 2.14. The van der Waals surface area contributed by atoms with Crippen LogP contribution in [-0.2, 0) is 13.0 Å². The van der Waals surface area contributed by atoms with Crippen LogP contribution in [0.25, 0.3) is 0 Å². The third kappa shape index (κ3) is 3.12. The van der Waals surface area contributed by atoms with E-state index in [2.05, 4.69) is 15.5 Å². The van der Waals surface area contributed by atoms with Crippen molar-refractivity contribution in [2.75, 3.05) is 0 Å². The number of hydrogen-bond acceptors (Lipinski definition) is 4. The quantitative estimate of drug-likeness (QED) is 0.649. The van der Waals surface area contributed by atoms with Gasteiger partial charge < -0.3 is 0 Å². The van der Waals surface area contributed by atoms with Gasteiger partial charge in [-0.25, -0.2) is 4.98 Å². The number of hydrazine groups is 1. The van der Waals surface area contributed by atoms with Gasteiger partial charge in [0, 0.05) is 18.0 Å². The Hall–Kier alpha value is -1.43. The molecule has 1 atom stereocenters. The van der Waals surface area contributed by atoms with Gasteiger partial charge in [-0.05, 0) is 37.1 Å². The zero-order chi connectivity index (χ0) is 13.8. The van der Waals surface area contributed by atoms with E-state index in [9.17, 15) is 0 Å². The average Bonchev–Trinajstić information content (AvgIpc) is 2.86. The van der Waals surface area contributed by atoms with Crippen molar-refractivity contribution >= 4 is 11.6 Å². The molecule has 0 saturated heterocycles. The van der Waals surface area contributed by atoms with Gasteiger partial charge in [0.05, 0.1) is 6.04 Å². The van der Waals surface area contributed by atoms with Crippen molar-refractivity contribution in [2.45, 2.75) is 32.9 Å². The van der Waals surface area contributed by atoms with E-state index in [4.69, 9.17) is 17.4 Å². The van der Waals surface area contributed by atoms with Gasteiger partial charge in [0.15, 0.2) is 0 Å². The number of hydrogen-bond donors (Lipinski definition) is 2. The molecule has 0 fully saturated rings. The molecule has 6 heteroatoms. The first kappa shape index (κ1) is 14.0. The summed E-state index contributed by atoms with van der Waals surface area (Å²) in [6.45, 7) is 4.87. The molecule has 2 rings (SSSR count). The van der Waals surface area contributed by atoms with Gasteiger partial charge in [0.2, 0.25) is 0 Å². The smallest absolute Gasteiger partial charge is 0.138 e. The summed E-state index contributed by atoms with van der Waals surface area (Å²) in [5.74, 6) is 6.59. The number of rotatable bonds is 5. The largest absolute Gasteiger partial charge is 0.271 e. The van der Waals surface area contributed by atoms with Crippen LogP contribution in [0, 0.1) is 6.92 Å². The molecular formula is C13H18ClN5. The molecule has 0 spiro atoms. The Bertz CT molecular complexity index is 552. The van der Waals surface area contributed by atoms with Crippen LogP contribution >= 0.6 is 11.6 Å². The van der Waals surface area contributed by atoms with Crippen molar-refractivity contribution in [3.05, 3.63) is 46.5 Å². The van der Waals surface area contributed by atoms with Gasteiger partial charge in [-0.1, -0.05) is 17.7 Å². The van der Waals surface area contributed by atoms with Crippen LogP contribution in [0.1, 0.15) is 29.9 Å². The van der Waals surface area contributed by atoms with Crippen molar-refractivity contribution in [3.8, 4) is 0 Å². The first-order valence-corrected chi connectivity index (χ1v) is 6.62. The maximum atomic E-state index is 6.06. The molecule has 1 heterocycles. The van der Waals surface area contributed by atoms with Crippen LogP contribution in [0.2, 0.25) is 5.02 Å². The van der Waals surface area contributed by atoms with E-state index < -0.39 is 0 Å². The molecule has 1 aromatic carbocycles. The van der Waals surface area contributed by atoms with Gasteiger partial charge in [0.25, 0.3) is 0 Å². The highest BCUT2D eigenvalue weighted by Gasteiger charge is 2.16. The van der Waals surface area contributed by atoms with Gasteiger partial charge in [0.1, 0.15) is 12.2 Å². The zero-order valence-corrected chi connectivity index (χ0v) is 11.9. The second-order valence-corrected chi connectivity index (χ2v) is 4.85. The van der Waals surface area contributed by atoms with Crippen molar-refractivity contribution in [3.63, 3.8) is 0 Å². The molecule has 1 unspecified atom stereocenters.